The summed E-state index contributed by atoms with van der Waals surface area (Å²) in [5.41, 5.74) is 0. The molecule has 0 aromatic carbocycles. The Balaban J connectivity index is 2.10. The van der Waals surface area contributed by atoms with E-state index in [2.05, 4.69) is 11.9 Å². The smallest absolute Gasteiger partial charge is 0.404 e. The van der Waals surface area contributed by atoms with E-state index in [9.17, 15) is 14.9 Å². The van der Waals surface area contributed by atoms with Gasteiger partial charge in [-0.1, -0.05) is 6.58 Å². The van der Waals surface area contributed by atoms with Crippen LogP contribution in [0.3, 0.4) is 0 Å². The summed E-state index contributed by atoms with van der Waals surface area (Å²) in [4.78, 5) is 23.1. The first-order chi connectivity index (χ1) is 8.61. The number of nitrogens with one attached hydrogen (secondary N) is 1. The van der Waals surface area contributed by atoms with Gasteiger partial charge in [0.2, 0.25) is 5.91 Å². The third-order valence-corrected chi connectivity index (χ3v) is 2.80. The van der Waals surface area contributed by atoms with Crippen molar-refractivity contribution in [3.8, 4) is 0 Å². The van der Waals surface area contributed by atoms with Gasteiger partial charge >= 0.3 is 5.88 Å². The predicted octanol–water partition coefficient (Wildman–Crippen LogP) is 0.847. The Hall–Kier alpha value is -2.15. The highest BCUT2D eigenvalue weighted by Gasteiger charge is 2.26. The van der Waals surface area contributed by atoms with E-state index in [0.717, 1.165) is 0 Å². The fourth-order valence-electron chi connectivity index (χ4n) is 1.90. The standard InChI is InChI=1S/C11H13N3O4/c1-2-10(15)13-6-5-12-8(7-13)9-3-4-11(18-9)14(16)17/h2-4,8,12H,1,5-7H2. The summed E-state index contributed by atoms with van der Waals surface area (Å²) in [7, 11) is 0. The van der Waals surface area contributed by atoms with Crippen molar-refractivity contribution in [2.45, 2.75) is 6.04 Å². The summed E-state index contributed by atoms with van der Waals surface area (Å²) in [6.07, 6.45) is 1.26. The lowest BCUT2D eigenvalue weighted by Gasteiger charge is -2.31. The molecular weight excluding hydrogens is 238 g/mol. The van der Waals surface area contributed by atoms with E-state index in [1.165, 1.54) is 12.1 Å². The summed E-state index contributed by atoms with van der Waals surface area (Å²) in [5, 5.41) is 13.7. The van der Waals surface area contributed by atoms with E-state index in [-0.39, 0.29) is 17.8 Å². The van der Waals surface area contributed by atoms with Gasteiger partial charge in [-0.15, -0.1) is 0 Å². The zero-order valence-electron chi connectivity index (χ0n) is 9.67. The second-order valence-corrected chi connectivity index (χ2v) is 3.93. The molecule has 96 valence electrons. The van der Waals surface area contributed by atoms with Crippen LogP contribution in [0.4, 0.5) is 5.88 Å². The highest BCUT2D eigenvalue weighted by atomic mass is 16.6. The molecule has 1 aromatic heterocycles. The Kier molecular flexibility index (Phi) is 3.42. The number of amides is 1. The first kappa shape index (κ1) is 12.3. The first-order valence-electron chi connectivity index (χ1n) is 5.50. The lowest BCUT2D eigenvalue weighted by Crippen LogP contribution is -2.47. The quantitative estimate of drug-likeness (QED) is 0.488. The summed E-state index contributed by atoms with van der Waals surface area (Å²) in [6, 6.07) is 2.64. The molecule has 0 aliphatic carbocycles. The number of carbonyl (C=O) groups is 1. The topological polar surface area (TPSA) is 88.6 Å². The fraction of sp³-hybridized carbons (Fsp3) is 0.364. The van der Waals surface area contributed by atoms with Gasteiger partial charge in [-0.05, 0) is 12.1 Å². The van der Waals surface area contributed by atoms with Crippen LogP contribution in [0.15, 0.2) is 29.2 Å². The number of furan rings is 1. The van der Waals surface area contributed by atoms with Crippen molar-refractivity contribution in [2.24, 2.45) is 0 Å². The lowest BCUT2D eigenvalue weighted by molar-refractivity contribution is -0.402. The van der Waals surface area contributed by atoms with Gasteiger partial charge < -0.3 is 14.6 Å². The van der Waals surface area contributed by atoms with Crippen LogP contribution in [0, 0.1) is 10.1 Å². The van der Waals surface area contributed by atoms with E-state index >= 15 is 0 Å². The van der Waals surface area contributed by atoms with E-state index in [0.29, 0.717) is 25.4 Å². The lowest BCUT2D eigenvalue weighted by atomic mass is 10.1. The Bertz CT molecular complexity index is 482. The normalized spacial score (nSPS) is 19.6. The van der Waals surface area contributed by atoms with Crippen molar-refractivity contribution in [1.29, 1.82) is 0 Å². The highest BCUT2D eigenvalue weighted by molar-refractivity contribution is 5.87. The second kappa shape index (κ2) is 5.01. The van der Waals surface area contributed by atoms with Crippen LogP contribution in [0.5, 0.6) is 0 Å². The molecule has 2 heterocycles. The minimum absolute atomic E-state index is 0.150. The number of nitro groups is 1. The van der Waals surface area contributed by atoms with Crippen LogP contribution in [0.1, 0.15) is 11.8 Å². The van der Waals surface area contributed by atoms with Crippen molar-refractivity contribution >= 4 is 11.8 Å². The average molecular weight is 251 g/mol. The van der Waals surface area contributed by atoms with Crippen molar-refractivity contribution in [1.82, 2.24) is 10.2 Å². The van der Waals surface area contributed by atoms with E-state index < -0.39 is 4.92 Å². The summed E-state index contributed by atoms with van der Waals surface area (Å²) in [5.74, 6) is 0.0183. The van der Waals surface area contributed by atoms with Crippen molar-refractivity contribution in [2.75, 3.05) is 19.6 Å². The summed E-state index contributed by atoms with van der Waals surface area (Å²) in [6.45, 7) is 5.05. The molecule has 1 fully saturated rings. The molecule has 18 heavy (non-hydrogen) atoms. The van der Waals surface area contributed by atoms with Gasteiger partial charge in [-0.3, -0.25) is 14.9 Å². The number of nitrogens with zero attached hydrogens (tertiary/aromatic N) is 2. The molecular formula is C11H13N3O4. The van der Waals surface area contributed by atoms with Gasteiger partial charge in [0.05, 0.1) is 12.1 Å². The molecule has 1 aliphatic rings. The third-order valence-electron chi connectivity index (χ3n) is 2.80. The van der Waals surface area contributed by atoms with Gasteiger partial charge in [0.15, 0.2) is 0 Å². The molecule has 1 unspecified atom stereocenters. The number of rotatable bonds is 3. The zero-order chi connectivity index (χ0) is 13.1. The molecule has 1 N–H and O–H groups in total. The largest absolute Gasteiger partial charge is 0.433 e. The predicted molar refractivity (Wildman–Crippen MR) is 62.9 cm³/mol. The van der Waals surface area contributed by atoms with E-state index in [1.54, 1.807) is 11.0 Å². The number of hydrogen-bond acceptors (Lipinski definition) is 5. The highest BCUT2D eigenvalue weighted by Crippen LogP contribution is 2.23. The Morgan fingerprint density at radius 2 is 2.44 bits per heavy atom. The zero-order valence-corrected chi connectivity index (χ0v) is 9.67. The number of hydrogen-bond donors (Lipinski definition) is 1. The van der Waals surface area contributed by atoms with Crippen LogP contribution in [-0.4, -0.2) is 35.4 Å². The SMILES string of the molecule is C=CC(=O)N1CCNC(c2ccc([N+](=O)[O-])o2)C1. The molecule has 1 amide bonds. The van der Waals surface area contributed by atoms with Crippen LogP contribution >= 0.6 is 0 Å². The molecule has 0 radical (unpaired) electrons. The van der Waals surface area contributed by atoms with Crippen LogP contribution < -0.4 is 5.32 Å². The minimum atomic E-state index is -0.584. The monoisotopic (exact) mass is 251 g/mol. The fourth-order valence-corrected chi connectivity index (χ4v) is 1.90. The molecule has 2 rings (SSSR count). The van der Waals surface area contributed by atoms with Crippen LogP contribution in [0.25, 0.3) is 0 Å². The van der Waals surface area contributed by atoms with Crippen molar-refractivity contribution in [3.05, 3.63) is 40.7 Å². The Labute approximate surface area is 103 Å². The van der Waals surface area contributed by atoms with Crippen LogP contribution in [-0.2, 0) is 4.79 Å². The molecule has 0 spiro atoms. The molecule has 1 atom stereocenters. The minimum Gasteiger partial charge on any atom is -0.404 e. The molecule has 0 bridgehead atoms. The van der Waals surface area contributed by atoms with Gasteiger partial charge in [-0.25, -0.2) is 0 Å². The van der Waals surface area contributed by atoms with Gasteiger partial charge in [0.25, 0.3) is 0 Å². The third kappa shape index (κ3) is 2.40. The molecule has 1 aromatic rings. The molecule has 7 nitrogen and oxygen atoms in total. The molecule has 7 heteroatoms. The van der Waals surface area contributed by atoms with E-state index in [1.807, 2.05) is 0 Å². The summed E-state index contributed by atoms with van der Waals surface area (Å²) < 4.78 is 5.12. The van der Waals surface area contributed by atoms with Crippen molar-refractivity contribution < 1.29 is 14.1 Å². The Morgan fingerprint density at radius 3 is 3.06 bits per heavy atom. The maximum Gasteiger partial charge on any atom is 0.433 e. The molecule has 1 saturated heterocycles. The van der Waals surface area contributed by atoms with Gasteiger partial charge in [0, 0.05) is 19.6 Å². The Morgan fingerprint density at radius 1 is 1.67 bits per heavy atom. The average Bonchev–Trinajstić information content (AvgIpc) is 2.88. The van der Waals surface area contributed by atoms with Gasteiger partial charge in [-0.2, -0.15) is 0 Å². The molecule has 1 aliphatic heterocycles. The maximum atomic E-state index is 11.5. The molecule has 0 saturated carbocycles. The van der Waals surface area contributed by atoms with Gasteiger partial charge in [0.1, 0.15) is 10.7 Å². The number of carbonyl (C=O) groups excluding carboxylic acids is 1. The van der Waals surface area contributed by atoms with Crippen LogP contribution in [0.2, 0.25) is 0 Å². The maximum absolute atomic E-state index is 11.5. The van der Waals surface area contributed by atoms with Crippen molar-refractivity contribution in [3.63, 3.8) is 0 Å². The second-order valence-electron chi connectivity index (χ2n) is 3.93. The summed E-state index contributed by atoms with van der Waals surface area (Å²) >= 11 is 0. The number of piperazine rings is 1. The van der Waals surface area contributed by atoms with E-state index in [4.69, 9.17) is 4.42 Å². The first-order valence-corrected chi connectivity index (χ1v) is 5.50.